The molecule has 0 aliphatic rings. The largest absolute Gasteiger partial charge is 0.354 e. The highest BCUT2D eigenvalue weighted by atomic mass is 16.5. The second-order valence-corrected chi connectivity index (χ2v) is 4.71. The number of nitrogens with zero attached hydrogens (tertiary/aromatic N) is 2. The third-order valence-corrected chi connectivity index (χ3v) is 3.08. The van der Waals surface area contributed by atoms with Gasteiger partial charge in [0.15, 0.2) is 11.6 Å². The molecule has 0 fully saturated rings. The van der Waals surface area contributed by atoms with E-state index in [0.717, 1.165) is 5.56 Å². The van der Waals surface area contributed by atoms with Gasteiger partial charge in [0, 0.05) is 17.3 Å². The quantitative estimate of drug-likeness (QED) is 0.768. The summed E-state index contributed by atoms with van der Waals surface area (Å²) in [5.41, 5.74) is 1.98. The fraction of sp³-hybridized carbons (Fsp3) is 0. The predicted molar refractivity (Wildman–Crippen MR) is 85.7 cm³/mol. The van der Waals surface area contributed by atoms with Gasteiger partial charge in [-0.25, -0.2) is 4.79 Å². The molecule has 0 bridgehead atoms. The van der Waals surface area contributed by atoms with Crippen molar-refractivity contribution in [2.75, 3.05) is 10.6 Å². The van der Waals surface area contributed by atoms with E-state index >= 15 is 0 Å². The molecule has 6 nitrogen and oxygen atoms in total. The van der Waals surface area contributed by atoms with Gasteiger partial charge in [0.05, 0.1) is 11.6 Å². The molecule has 1 aromatic heterocycles. The lowest BCUT2D eigenvalue weighted by Gasteiger charge is -2.04. The molecule has 0 saturated heterocycles. The van der Waals surface area contributed by atoms with Gasteiger partial charge in [-0.1, -0.05) is 35.5 Å². The van der Waals surface area contributed by atoms with E-state index in [9.17, 15) is 4.79 Å². The Morgan fingerprint density at radius 3 is 2.48 bits per heavy atom. The summed E-state index contributed by atoms with van der Waals surface area (Å²) >= 11 is 0. The molecule has 1 heterocycles. The zero-order chi connectivity index (χ0) is 16.1. The Morgan fingerprint density at radius 1 is 1.04 bits per heavy atom. The van der Waals surface area contributed by atoms with E-state index in [0.29, 0.717) is 22.8 Å². The molecular weight excluding hydrogens is 292 g/mol. The van der Waals surface area contributed by atoms with Crippen LogP contribution in [0.2, 0.25) is 0 Å². The van der Waals surface area contributed by atoms with Crippen LogP contribution in [-0.2, 0) is 0 Å². The van der Waals surface area contributed by atoms with Crippen LogP contribution in [0, 0.1) is 11.3 Å². The smallest absolute Gasteiger partial charge is 0.324 e. The maximum Gasteiger partial charge on any atom is 0.324 e. The SMILES string of the molecule is N#Cc1ccc(NC(=O)Nc2cc(-c3ccccc3)on2)cc1. The zero-order valence-corrected chi connectivity index (χ0v) is 12.0. The molecule has 2 amide bonds. The molecule has 0 aliphatic heterocycles. The van der Waals surface area contributed by atoms with Crippen molar-refractivity contribution in [3.05, 3.63) is 66.2 Å². The van der Waals surface area contributed by atoms with Crippen molar-refractivity contribution < 1.29 is 9.32 Å². The van der Waals surface area contributed by atoms with Crippen LogP contribution in [-0.4, -0.2) is 11.2 Å². The highest BCUT2D eigenvalue weighted by Crippen LogP contribution is 2.22. The standard InChI is InChI=1S/C17H12N4O2/c18-11-12-6-8-14(9-7-12)19-17(22)20-16-10-15(23-21-16)13-4-2-1-3-5-13/h1-10H,(H2,19,20,21,22). The number of urea groups is 1. The van der Waals surface area contributed by atoms with Crippen molar-refractivity contribution >= 4 is 17.5 Å². The van der Waals surface area contributed by atoms with E-state index in [4.69, 9.17) is 9.78 Å². The average Bonchev–Trinajstić information content (AvgIpc) is 3.04. The molecule has 6 heteroatoms. The number of aromatic nitrogens is 1. The first kappa shape index (κ1) is 14.4. The van der Waals surface area contributed by atoms with Crippen LogP contribution in [0.3, 0.4) is 0 Å². The van der Waals surface area contributed by atoms with E-state index in [1.807, 2.05) is 36.4 Å². The van der Waals surface area contributed by atoms with Crippen LogP contribution in [0.5, 0.6) is 0 Å². The molecule has 2 N–H and O–H groups in total. The summed E-state index contributed by atoms with van der Waals surface area (Å²) in [6.45, 7) is 0. The van der Waals surface area contributed by atoms with Gasteiger partial charge in [-0.3, -0.25) is 5.32 Å². The summed E-state index contributed by atoms with van der Waals surface area (Å²) < 4.78 is 5.20. The molecule has 3 rings (SSSR count). The molecule has 0 spiro atoms. The molecule has 0 atom stereocenters. The summed E-state index contributed by atoms with van der Waals surface area (Å²) in [4.78, 5) is 11.9. The minimum absolute atomic E-state index is 0.315. The summed E-state index contributed by atoms with van der Waals surface area (Å²) in [7, 11) is 0. The van der Waals surface area contributed by atoms with Crippen LogP contribution in [0.25, 0.3) is 11.3 Å². The van der Waals surface area contributed by atoms with Gasteiger partial charge >= 0.3 is 6.03 Å². The van der Waals surface area contributed by atoms with E-state index in [2.05, 4.69) is 15.8 Å². The maximum absolute atomic E-state index is 11.9. The van der Waals surface area contributed by atoms with E-state index in [-0.39, 0.29) is 0 Å². The van der Waals surface area contributed by atoms with E-state index < -0.39 is 6.03 Å². The first-order valence-electron chi connectivity index (χ1n) is 6.85. The molecule has 2 aromatic carbocycles. The first-order chi connectivity index (χ1) is 11.2. The molecule has 0 unspecified atom stereocenters. The maximum atomic E-state index is 11.9. The second kappa shape index (κ2) is 6.45. The molecule has 0 radical (unpaired) electrons. The van der Waals surface area contributed by atoms with Crippen LogP contribution < -0.4 is 10.6 Å². The Kier molecular flexibility index (Phi) is 4.03. The van der Waals surface area contributed by atoms with Gasteiger partial charge in [0.25, 0.3) is 0 Å². The highest BCUT2D eigenvalue weighted by molar-refractivity contribution is 5.99. The van der Waals surface area contributed by atoms with Crippen LogP contribution >= 0.6 is 0 Å². The molecule has 112 valence electrons. The van der Waals surface area contributed by atoms with Crippen LogP contribution in [0.15, 0.2) is 65.2 Å². The Labute approximate surface area is 132 Å². The van der Waals surface area contributed by atoms with Crippen molar-refractivity contribution in [1.29, 1.82) is 5.26 Å². The lowest BCUT2D eigenvalue weighted by molar-refractivity contribution is 0.262. The highest BCUT2D eigenvalue weighted by Gasteiger charge is 2.09. The number of benzene rings is 2. The third-order valence-electron chi connectivity index (χ3n) is 3.08. The van der Waals surface area contributed by atoms with E-state index in [1.54, 1.807) is 30.3 Å². The molecule has 3 aromatic rings. The third kappa shape index (κ3) is 3.54. The lowest BCUT2D eigenvalue weighted by Crippen LogP contribution is -2.19. The Hall–Kier alpha value is -3.59. The lowest BCUT2D eigenvalue weighted by atomic mass is 10.2. The van der Waals surface area contributed by atoms with Crippen LogP contribution in [0.1, 0.15) is 5.56 Å². The van der Waals surface area contributed by atoms with Crippen molar-refractivity contribution in [3.63, 3.8) is 0 Å². The second-order valence-electron chi connectivity index (χ2n) is 4.71. The number of carbonyl (C=O) groups excluding carboxylic acids is 1. The number of nitriles is 1. The molecule has 0 saturated carbocycles. The van der Waals surface area contributed by atoms with Crippen molar-refractivity contribution in [1.82, 2.24) is 5.16 Å². The van der Waals surface area contributed by atoms with Crippen molar-refractivity contribution in [2.45, 2.75) is 0 Å². The fourth-order valence-electron chi connectivity index (χ4n) is 1.98. The number of amides is 2. The van der Waals surface area contributed by atoms with Gasteiger partial charge < -0.3 is 9.84 Å². The molecule has 23 heavy (non-hydrogen) atoms. The number of nitrogens with one attached hydrogen (secondary N) is 2. The Morgan fingerprint density at radius 2 is 1.78 bits per heavy atom. The minimum atomic E-state index is -0.442. The van der Waals surface area contributed by atoms with Gasteiger partial charge in [0.1, 0.15) is 0 Å². The number of hydrogen-bond donors (Lipinski definition) is 2. The fourth-order valence-corrected chi connectivity index (χ4v) is 1.98. The summed E-state index contributed by atoms with van der Waals surface area (Å²) in [5, 5.41) is 17.8. The first-order valence-corrected chi connectivity index (χ1v) is 6.85. The van der Waals surface area contributed by atoms with E-state index in [1.165, 1.54) is 0 Å². The molecular formula is C17H12N4O2. The van der Waals surface area contributed by atoms with Crippen molar-refractivity contribution in [3.8, 4) is 17.4 Å². The topological polar surface area (TPSA) is 91.0 Å². The Bertz CT molecular complexity index is 848. The summed E-state index contributed by atoms with van der Waals surface area (Å²) in [6, 6.07) is 19.2. The van der Waals surface area contributed by atoms with Gasteiger partial charge in [0.2, 0.25) is 0 Å². The zero-order valence-electron chi connectivity index (χ0n) is 12.0. The number of hydrogen-bond acceptors (Lipinski definition) is 4. The predicted octanol–water partition coefficient (Wildman–Crippen LogP) is 3.86. The normalized spacial score (nSPS) is 9.87. The van der Waals surface area contributed by atoms with Crippen molar-refractivity contribution in [2.24, 2.45) is 0 Å². The summed E-state index contributed by atoms with van der Waals surface area (Å²) in [5.74, 6) is 0.884. The average molecular weight is 304 g/mol. The van der Waals surface area contributed by atoms with Gasteiger partial charge in [-0.2, -0.15) is 5.26 Å². The number of rotatable bonds is 3. The Balaban J connectivity index is 1.64. The number of carbonyl (C=O) groups is 1. The van der Waals surface area contributed by atoms with Gasteiger partial charge in [-0.05, 0) is 24.3 Å². The monoisotopic (exact) mass is 304 g/mol. The minimum Gasteiger partial charge on any atom is -0.354 e. The number of anilines is 2. The van der Waals surface area contributed by atoms with Crippen LogP contribution in [0.4, 0.5) is 16.3 Å². The summed E-state index contributed by atoms with van der Waals surface area (Å²) in [6.07, 6.45) is 0. The molecule has 0 aliphatic carbocycles. The van der Waals surface area contributed by atoms with Gasteiger partial charge in [-0.15, -0.1) is 0 Å².